The average molecular weight is 404 g/mol. The molecule has 0 saturated carbocycles. The number of ether oxygens (including phenoxy) is 1. The Labute approximate surface area is 164 Å². The van der Waals surface area contributed by atoms with Crippen molar-refractivity contribution in [3.63, 3.8) is 0 Å². The molecule has 0 spiro atoms. The summed E-state index contributed by atoms with van der Waals surface area (Å²) >= 11 is 0. The number of aryl methyl sites for hydroxylation is 1. The van der Waals surface area contributed by atoms with Crippen LogP contribution < -0.4 is 10.5 Å². The van der Waals surface area contributed by atoms with E-state index in [1.54, 1.807) is 24.3 Å². The monoisotopic (exact) mass is 404 g/mol. The number of carbonyl (C=O) groups excluding carboxylic acids is 1. The minimum Gasteiger partial charge on any atom is -0.508 e. The first-order valence-corrected chi connectivity index (χ1v) is 10.7. The number of nitrogens with zero attached hydrogens (tertiary/aromatic N) is 1. The molecule has 2 heterocycles. The van der Waals surface area contributed by atoms with Crippen molar-refractivity contribution in [1.82, 2.24) is 4.31 Å². The molecule has 2 aromatic rings. The van der Waals surface area contributed by atoms with E-state index in [9.17, 15) is 13.2 Å². The van der Waals surface area contributed by atoms with E-state index in [4.69, 9.17) is 15.6 Å². The van der Waals surface area contributed by atoms with Gasteiger partial charge in [-0.3, -0.25) is 4.79 Å². The Hall–Kier alpha value is -2.58. The number of sulfonamides is 1. The Morgan fingerprint density at radius 3 is 2.68 bits per heavy atom. The number of nitrogens with two attached hydrogens (primary N) is 1. The number of benzene rings is 2. The summed E-state index contributed by atoms with van der Waals surface area (Å²) in [6.07, 6.45) is 3.37. The van der Waals surface area contributed by atoms with Crippen LogP contribution in [0.2, 0.25) is 0 Å². The van der Waals surface area contributed by atoms with E-state index in [0.29, 0.717) is 25.1 Å². The maximum absolute atomic E-state index is 12.1. The van der Waals surface area contributed by atoms with E-state index in [1.807, 2.05) is 6.07 Å². The lowest BCUT2D eigenvalue weighted by Gasteiger charge is -2.16. The normalized spacial score (nSPS) is 16.5. The third kappa shape index (κ3) is 4.13. The van der Waals surface area contributed by atoms with Gasteiger partial charge in [0.15, 0.2) is 0 Å². The van der Waals surface area contributed by atoms with Crippen LogP contribution in [0.5, 0.6) is 11.5 Å². The zero-order valence-electron chi connectivity index (χ0n) is 15.5. The fourth-order valence-corrected chi connectivity index (χ4v) is 4.81. The lowest BCUT2D eigenvalue weighted by molar-refractivity contribution is 0.0869. The molecule has 8 heteroatoms. The molecule has 2 aliphatic heterocycles. The molecule has 0 radical (unpaired) electrons. The molecule has 3 N–H and O–H groups in total. The van der Waals surface area contributed by atoms with Gasteiger partial charge in [0, 0.05) is 6.54 Å². The Morgan fingerprint density at radius 1 is 1.14 bits per heavy atom. The first kappa shape index (κ1) is 20.2. The Balaban J connectivity index is 0.000000176. The van der Waals surface area contributed by atoms with Crippen molar-refractivity contribution in [2.75, 3.05) is 19.7 Å². The van der Waals surface area contributed by atoms with Crippen LogP contribution in [-0.2, 0) is 16.4 Å². The van der Waals surface area contributed by atoms with Gasteiger partial charge in [-0.1, -0.05) is 12.1 Å². The number of phenolic OH excluding ortho intramolecular Hbond substituents is 1. The summed E-state index contributed by atoms with van der Waals surface area (Å²) in [5, 5.41) is 9.13. The molecule has 7 nitrogen and oxygen atoms in total. The van der Waals surface area contributed by atoms with Gasteiger partial charge in [-0.2, -0.15) is 0 Å². The molecule has 1 amide bonds. The molecule has 0 unspecified atom stereocenters. The summed E-state index contributed by atoms with van der Waals surface area (Å²) in [7, 11) is -3.63. The highest BCUT2D eigenvalue weighted by molar-refractivity contribution is 7.90. The summed E-state index contributed by atoms with van der Waals surface area (Å²) in [6, 6.07) is 11.5. The van der Waals surface area contributed by atoms with Gasteiger partial charge in [-0.15, -0.1) is 0 Å². The van der Waals surface area contributed by atoms with Gasteiger partial charge in [0.25, 0.3) is 15.9 Å². The summed E-state index contributed by atoms with van der Waals surface area (Å²) in [6.45, 7) is 1.50. The molecule has 0 bridgehead atoms. The lowest BCUT2D eigenvalue weighted by Crippen LogP contribution is -2.31. The molecule has 0 aliphatic carbocycles. The van der Waals surface area contributed by atoms with Crippen molar-refractivity contribution in [3.05, 3.63) is 53.6 Å². The van der Waals surface area contributed by atoms with Crippen molar-refractivity contribution in [3.8, 4) is 11.5 Å². The first-order valence-electron chi connectivity index (χ1n) is 9.26. The van der Waals surface area contributed by atoms with Crippen LogP contribution in [0.15, 0.2) is 47.4 Å². The molecule has 0 fully saturated rings. The van der Waals surface area contributed by atoms with Crippen molar-refractivity contribution in [2.45, 2.75) is 30.6 Å². The van der Waals surface area contributed by atoms with Crippen LogP contribution in [-0.4, -0.2) is 43.4 Å². The quantitative estimate of drug-likeness (QED) is 0.757. The Bertz CT molecular complexity index is 959. The average Bonchev–Trinajstić information content (AvgIpc) is 2.89. The van der Waals surface area contributed by atoms with Gasteiger partial charge in [-0.05, 0) is 68.1 Å². The van der Waals surface area contributed by atoms with Crippen LogP contribution in [0.1, 0.15) is 35.2 Å². The van der Waals surface area contributed by atoms with Crippen LogP contribution in [0.3, 0.4) is 0 Å². The SMILES string of the molecule is NCCCCN1C(=O)c2ccccc2S1(=O)=O.Oc1ccc2c(c1)CCCO2. The van der Waals surface area contributed by atoms with E-state index in [-0.39, 0.29) is 17.0 Å². The van der Waals surface area contributed by atoms with E-state index < -0.39 is 15.9 Å². The summed E-state index contributed by atoms with van der Waals surface area (Å²) < 4.78 is 30.4. The van der Waals surface area contributed by atoms with Gasteiger partial charge < -0.3 is 15.6 Å². The number of aromatic hydroxyl groups is 1. The number of hydrogen-bond acceptors (Lipinski definition) is 6. The third-order valence-corrected chi connectivity index (χ3v) is 6.46. The maximum atomic E-state index is 12.1. The maximum Gasteiger partial charge on any atom is 0.269 e. The lowest BCUT2D eigenvalue weighted by atomic mass is 10.1. The zero-order chi connectivity index (χ0) is 20.1. The standard InChI is InChI=1S/C11H14N2O3S.C9H10O2/c12-7-3-4-8-13-11(14)9-5-1-2-6-10(9)17(13,15)16;10-8-3-4-9-7(6-8)2-1-5-11-9/h1-2,5-6H,3-4,7-8,12H2;3-4,6,10H,1-2,5H2. The molecular formula is C20H24N2O5S. The second kappa shape index (κ2) is 8.62. The van der Waals surface area contributed by atoms with Crippen molar-refractivity contribution in [2.24, 2.45) is 5.73 Å². The Kier molecular flexibility index (Phi) is 6.21. The van der Waals surface area contributed by atoms with Gasteiger partial charge >= 0.3 is 0 Å². The van der Waals surface area contributed by atoms with Crippen LogP contribution in [0.25, 0.3) is 0 Å². The highest BCUT2D eigenvalue weighted by atomic mass is 32.2. The predicted octanol–water partition coefficient (Wildman–Crippen LogP) is 2.29. The molecule has 4 rings (SSSR count). The minimum atomic E-state index is -3.63. The van der Waals surface area contributed by atoms with Gasteiger partial charge in [0.1, 0.15) is 16.4 Å². The smallest absolute Gasteiger partial charge is 0.269 e. The Morgan fingerprint density at radius 2 is 1.93 bits per heavy atom. The van der Waals surface area contributed by atoms with Crippen molar-refractivity contribution < 1.29 is 23.1 Å². The highest BCUT2D eigenvalue weighted by Crippen LogP contribution is 2.30. The number of hydrogen-bond donors (Lipinski definition) is 2. The summed E-state index contributed by atoms with van der Waals surface area (Å²) in [5.74, 6) is 0.820. The van der Waals surface area contributed by atoms with Crippen LogP contribution in [0.4, 0.5) is 0 Å². The molecule has 0 atom stereocenters. The van der Waals surface area contributed by atoms with Gasteiger partial charge in [-0.25, -0.2) is 12.7 Å². The first-order chi connectivity index (χ1) is 13.4. The van der Waals surface area contributed by atoms with Gasteiger partial charge in [0.2, 0.25) is 0 Å². The molecule has 0 aromatic heterocycles. The molecule has 0 saturated heterocycles. The second-order valence-electron chi connectivity index (χ2n) is 6.62. The summed E-state index contributed by atoms with van der Waals surface area (Å²) in [5.41, 5.74) is 6.73. The summed E-state index contributed by atoms with van der Waals surface area (Å²) in [4.78, 5) is 12.0. The molecule has 2 aliphatic rings. The van der Waals surface area contributed by atoms with E-state index >= 15 is 0 Å². The number of carbonyl (C=O) groups is 1. The van der Waals surface area contributed by atoms with Crippen molar-refractivity contribution in [1.29, 1.82) is 0 Å². The van der Waals surface area contributed by atoms with E-state index in [2.05, 4.69) is 0 Å². The number of rotatable bonds is 4. The van der Waals surface area contributed by atoms with Gasteiger partial charge in [0.05, 0.1) is 12.2 Å². The minimum absolute atomic E-state index is 0.109. The van der Waals surface area contributed by atoms with Crippen molar-refractivity contribution >= 4 is 15.9 Å². The zero-order valence-corrected chi connectivity index (χ0v) is 16.3. The van der Waals surface area contributed by atoms with E-state index in [1.165, 1.54) is 12.1 Å². The molecule has 28 heavy (non-hydrogen) atoms. The van der Waals surface area contributed by atoms with E-state index in [0.717, 1.165) is 35.1 Å². The number of unbranched alkanes of at least 4 members (excludes halogenated alkanes) is 1. The topological polar surface area (TPSA) is 110 Å². The van der Waals surface area contributed by atoms with Crippen LogP contribution in [0, 0.1) is 0 Å². The molecule has 150 valence electrons. The number of fused-ring (bicyclic) bond motifs is 2. The largest absolute Gasteiger partial charge is 0.508 e. The van der Waals surface area contributed by atoms with Crippen LogP contribution >= 0.6 is 0 Å². The fourth-order valence-electron chi connectivity index (χ4n) is 3.20. The second-order valence-corrected chi connectivity index (χ2v) is 8.45. The highest BCUT2D eigenvalue weighted by Gasteiger charge is 2.40. The number of amides is 1. The predicted molar refractivity (Wildman–Crippen MR) is 105 cm³/mol. The molecular weight excluding hydrogens is 380 g/mol. The fraction of sp³-hybridized carbons (Fsp3) is 0.350. The number of phenols is 1. The third-order valence-electron chi connectivity index (χ3n) is 4.62. The molecule has 2 aromatic carbocycles.